The lowest BCUT2D eigenvalue weighted by molar-refractivity contribution is -0.131. The molecule has 3 rings (SSSR count). The van der Waals surface area contributed by atoms with Gasteiger partial charge in [0.2, 0.25) is 16.9 Å². The standard InChI is InChI=1S/C20H26N4O4S/c1-5-28-16-8-13(6-7-15(16)27-4)14-9-18(26)24(10-14)11-17(25)21-20-22-19(12(2)3)23-29-20/h6-8,12,14H,5,9-11H2,1-4H3,(H,21,22,23,25). The van der Waals surface area contributed by atoms with Gasteiger partial charge in [0, 0.05) is 36.3 Å². The van der Waals surface area contributed by atoms with E-state index < -0.39 is 0 Å². The fourth-order valence-electron chi connectivity index (χ4n) is 3.22. The maximum absolute atomic E-state index is 12.4. The number of hydrogen-bond donors (Lipinski definition) is 1. The van der Waals surface area contributed by atoms with Crippen molar-refractivity contribution in [1.29, 1.82) is 0 Å². The molecule has 1 aliphatic heterocycles. The summed E-state index contributed by atoms with van der Waals surface area (Å²) in [6, 6.07) is 5.71. The molecule has 0 radical (unpaired) electrons. The van der Waals surface area contributed by atoms with Crippen molar-refractivity contribution in [2.45, 2.75) is 39.0 Å². The summed E-state index contributed by atoms with van der Waals surface area (Å²) in [7, 11) is 1.60. The van der Waals surface area contributed by atoms with Crippen LogP contribution in [0.15, 0.2) is 18.2 Å². The summed E-state index contributed by atoms with van der Waals surface area (Å²) in [5, 5.41) is 3.19. The van der Waals surface area contributed by atoms with Crippen LogP contribution in [0.25, 0.3) is 0 Å². The Kier molecular flexibility index (Phi) is 6.68. The predicted octanol–water partition coefficient (Wildman–Crippen LogP) is 3.02. The Labute approximate surface area is 174 Å². The lowest BCUT2D eigenvalue weighted by Gasteiger charge is -2.17. The van der Waals surface area contributed by atoms with Crippen LogP contribution < -0.4 is 14.8 Å². The van der Waals surface area contributed by atoms with Gasteiger partial charge in [0.05, 0.1) is 20.3 Å². The first-order valence-electron chi connectivity index (χ1n) is 9.63. The molecule has 9 heteroatoms. The lowest BCUT2D eigenvalue weighted by Crippen LogP contribution is -2.34. The lowest BCUT2D eigenvalue weighted by atomic mass is 9.98. The molecule has 1 aromatic carbocycles. The number of rotatable bonds is 8. The average Bonchev–Trinajstić information content (AvgIpc) is 3.29. The van der Waals surface area contributed by atoms with Crippen LogP contribution in [-0.4, -0.2) is 52.9 Å². The molecule has 1 saturated heterocycles. The second-order valence-corrected chi connectivity index (χ2v) is 7.93. The maximum atomic E-state index is 12.4. The van der Waals surface area contributed by atoms with E-state index in [4.69, 9.17) is 9.47 Å². The zero-order valence-electron chi connectivity index (χ0n) is 17.1. The molecule has 2 heterocycles. The number of likely N-dealkylation sites (tertiary alicyclic amines) is 1. The molecule has 156 valence electrons. The van der Waals surface area contributed by atoms with E-state index in [-0.39, 0.29) is 30.2 Å². The van der Waals surface area contributed by atoms with Gasteiger partial charge in [-0.05, 0) is 24.6 Å². The van der Waals surface area contributed by atoms with Crippen LogP contribution in [0.5, 0.6) is 11.5 Å². The van der Waals surface area contributed by atoms with Gasteiger partial charge in [-0.3, -0.25) is 14.9 Å². The van der Waals surface area contributed by atoms with Gasteiger partial charge in [-0.15, -0.1) is 0 Å². The summed E-state index contributed by atoms with van der Waals surface area (Å²) in [4.78, 5) is 30.7. The number of anilines is 1. The molecule has 0 saturated carbocycles. The van der Waals surface area contributed by atoms with Crippen LogP contribution in [0.2, 0.25) is 0 Å². The summed E-state index contributed by atoms with van der Waals surface area (Å²) < 4.78 is 15.2. The number of benzene rings is 1. The van der Waals surface area contributed by atoms with E-state index >= 15 is 0 Å². The second kappa shape index (κ2) is 9.21. The number of hydrogen-bond acceptors (Lipinski definition) is 7. The number of amides is 2. The SMILES string of the molecule is CCOc1cc(C2CC(=O)N(CC(=O)Nc3nc(C(C)C)ns3)C2)ccc1OC. The minimum atomic E-state index is -0.268. The van der Waals surface area contributed by atoms with Crippen molar-refractivity contribution >= 4 is 28.5 Å². The first-order valence-corrected chi connectivity index (χ1v) is 10.4. The van der Waals surface area contributed by atoms with Crippen molar-refractivity contribution in [3.05, 3.63) is 29.6 Å². The minimum Gasteiger partial charge on any atom is -0.493 e. The molecule has 1 aliphatic rings. The van der Waals surface area contributed by atoms with Crippen molar-refractivity contribution in [3.8, 4) is 11.5 Å². The summed E-state index contributed by atoms with van der Waals surface area (Å²) in [6.45, 7) is 6.91. The summed E-state index contributed by atoms with van der Waals surface area (Å²) in [6.07, 6.45) is 0.363. The fraction of sp³-hybridized carbons (Fsp3) is 0.500. The Morgan fingerprint density at radius 3 is 2.83 bits per heavy atom. The molecule has 2 aromatic rings. The highest BCUT2D eigenvalue weighted by Gasteiger charge is 2.32. The summed E-state index contributed by atoms with van der Waals surface area (Å²) in [5.41, 5.74) is 0.996. The van der Waals surface area contributed by atoms with E-state index in [1.54, 1.807) is 12.0 Å². The Morgan fingerprint density at radius 1 is 1.38 bits per heavy atom. The largest absolute Gasteiger partial charge is 0.493 e. The van der Waals surface area contributed by atoms with Crippen molar-refractivity contribution in [2.75, 3.05) is 32.1 Å². The zero-order chi connectivity index (χ0) is 21.0. The van der Waals surface area contributed by atoms with Crippen molar-refractivity contribution in [2.24, 2.45) is 0 Å². The summed E-state index contributed by atoms with van der Waals surface area (Å²) in [5.74, 6) is 1.92. The third-order valence-corrected chi connectivity index (χ3v) is 5.36. The Hall–Kier alpha value is -2.68. The molecule has 1 aromatic heterocycles. The molecule has 0 aliphatic carbocycles. The molecule has 0 spiro atoms. The number of methoxy groups -OCH3 is 1. The first-order chi connectivity index (χ1) is 13.9. The van der Waals surface area contributed by atoms with E-state index in [2.05, 4.69) is 14.7 Å². The quantitative estimate of drug-likeness (QED) is 0.708. The number of carbonyl (C=O) groups is 2. The fourth-order valence-corrected chi connectivity index (χ4v) is 3.94. The molecule has 8 nitrogen and oxygen atoms in total. The van der Waals surface area contributed by atoms with E-state index in [0.717, 1.165) is 17.1 Å². The van der Waals surface area contributed by atoms with Gasteiger partial charge >= 0.3 is 0 Å². The highest BCUT2D eigenvalue weighted by molar-refractivity contribution is 7.09. The van der Waals surface area contributed by atoms with Gasteiger partial charge in [-0.25, -0.2) is 4.98 Å². The third kappa shape index (κ3) is 5.03. The molecule has 2 amide bonds. The number of ether oxygens (including phenoxy) is 2. The van der Waals surface area contributed by atoms with Crippen LogP contribution in [0, 0.1) is 0 Å². The molecule has 1 atom stereocenters. The maximum Gasteiger partial charge on any atom is 0.245 e. The molecule has 29 heavy (non-hydrogen) atoms. The highest BCUT2D eigenvalue weighted by atomic mass is 32.1. The smallest absolute Gasteiger partial charge is 0.245 e. The average molecular weight is 419 g/mol. The van der Waals surface area contributed by atoms with E-state index in [1.165, 1.54) is 0 Å². The van der Waals surface area contributed by atoms with E-state index in [1.807, 2.05) is 39.0 Å². The van der Waals surface area contributed by atoms with Gasteiger partial charge in [-0.1, -0.05) is 19.9 Å². The Morgan fingerprint density at radius 2 is 2.17 bits per heavy atom. The van der Waals surface area contributed by atoms with Gasteiger partial charge in [0.15, 0.2) is 11.5 Å². The van der Waals surface area contributed by atoms with Gasteiger partial charge in [0.25, 0.3) is 0 Å². The molecule has 1 N–H and O–H groups in total. The number of nitrogens with zero attached hydrogens (tertiary/aromatic N) is 3. The molecule has 0 bridgehead atoms. The monoisotopic (exact) mass is 418 g/mol. The van der Waals surface area contributed by atoms with Crippen molar-refractivity contribution < 1.29 is 19.1 Å². The first kappa shape index (κ1) is 21.0. The van der Waals surface area contributed by atoms with E-state index in [0.29, 0.717) is 42.0 Å². The van der Waals surface area contributed by atoms with Gasteiger partial charge in [0.1, 0.15) is 5.82 Å². The topological polar surface area (TPSA) is 93.7 Å². The number of nitrogens with one attached hydrogen (secondary N) is 1. The second-order valence-electron chi connectivity index (χ2n) is 7.18. The van der Waals surface area contributed by atoms with Gasteiger partial charge in [-0.2, -0.15) is 4.37 Å². The van der Waals surface area contributed by atoms with Crippen molar-refractivity contribution in [1.82, 2.24) is 14.3 Å². The van der Waals surface area contributed by atoms with Gasteiger partial charge < -0.3 is 14.4 Å². The van der Waals surface area contributed by atoms with E-state index in [9.17, 15) is 9.59 Å². The summed E-state index contributed by atoms with van der Waals surface area (Å²) >= 11 is 1.15. The Balaban J connectivity index is 1.62. The van der Waals surface area contributed by atoms with Crippen LogP contribution >= 0.6 is 11.5 Å². The minimum absolute atomic E-state index is 0.000394. The molecular weight excluding hydrogens is 392 g/mol. The predicted molar refractivity (Wildman–Crippen MR) is 111 cm³/mol. The zero-order valence-corrected chi connectivity index (χ0v) is 17.9. The highest BCUT2D eigenvalue weighted by Crippen LogP contribution is 2.35. The normalized spacial score (nSPS) is 16.4. The Bertz CT molecular complexity index is 883. The molecule has 1 fully saturated rings. The van der Waals surface area contributed by atoms with Crippen LogP contribution in [0.1, 0.15) is 50.4 Å². The third-order valence-electron chi connectivity index (χ3n) is 4.71. The van der Waals surface area contributed by atoms with Crippen LogP contribution in [-0.2, 0) is 9.59 Å². The van der Waals surface area contributed by atoms with Crippen LogP contribution in [0.3, 0.4) is 0 Å². The number of aromatic nitrogens is 2. The van der Waals surface area contributed by atoms with Crippen LogP contribution in [0.4, 0.5) is 5.13 Å². The van der Waals surface area contributed by atoms with Crippen molar-refractivity contribution in [3.63, 3.8) is 0 Å². The number of carbonyl (C=O) groups excluding carboxylic acids is 2. The molecular formula is C20H26N4O4S. The molecule has 1 unspecified atom stereocenters.